The maximum absolute atomic E-state index is 6.41. The van der Waals surface area contributed by atoms with Crippen molar-refractivity contribution >= 4 is 11.8 Å². The van der Waals surface area contributed by atoms with Gasteiger partial charge in [0.05, 0.1) is 0 Å². The molecule has 1 fully saturated rings. The summed E-state index contributed by atoms with van der Waals surface area (Å²) in [7, 11) is 0. The Morgan fingerprint density at radius 2 is 1.94 bits per heavy atom. The highest BCUT2D eigenvalue weighted by Crippen LogP contribution is 2.34. The van der Waals surface area contributed by atoms with E-state index >= 15 is 0 Å². The highest BCUT2D eigenvalue weighted by molar-refractivity contribution is 8.00. The molecule has 0 saturated carbocycles. The van der Waals surface area contributed by atoms with Crippen LogP contribution in [0, 0.1) is 0 Å². The summed E-state index contributed by atoms with van der Waals surface area (Å²) in [5, 5.41) is 1.23. The molecule has 1 saturated heterocycles. The molecule has 0 amide bonds. The average molecular weight is 265 g/mol. The van der Waals surface area contributed by atoms with Gasteiger partial charge in [-0.15, -0.1) is 0 Å². The molecule has 1 aromatic carbocycles. The smallest absolute Gasteiger partial charge is 0.0476 e. The van der Waals surface area contributed by atoms with Crippen molar-refractivity contribution in [3.05, 3.63) is 35.9 Å². The predicted octanol–water partition coefficient (Wildman–Crippen LogP) is 3.38. The Morgan fingerprint density at radius 1 is 1.28 bits per heavy atom. The van der Waals surface area contributed by atoms with Crippen LogP contribution in [0.15, 0.2) is 30.3 Å². The van der Waals surface area contributed by atoms with Crippen LogP contribution in [0.5, 0.6) is 0 Å². The number of ether oxygens (including phenoxy) is 1. The zero-order chi connectivity index (χ0) is 12.8. The summed E-state index contributed by atoms with van der Waals surface area (Å²) in [6.45, 7) is 4.06. The van der Waals surface area contributed by atoms with Crippen LogP contribution in [0.25, 0.3) is 0 Å². The fraction of sp³-hybridized carbons (Fsp3) is 0.600. The lowest BCUT2D eigenvalue weighted by atomic mass is 10.0. The second kappa shape index (κ2) is 7.17. The van der Waals surface area contributed by atoms with E-state index in [1.165, 1.54) is 18.4 Å². The number of hydrogen-bond acceptors (Lipinski definition) is 3. The highest BCUT2D eigenvalue weighted by Gasteiger charge is 2.23. The summed E-state index contributed by atoms with van der Waals surface area (Å²) >= 11 is 2.06. The van der Waals surface area contributed by atoms with Gasteiger partial charge in [0.25, 0.3) is 0 Å². The van der Waals surface area contributed by atoms with Gasteiger partial charge in [-0.25, -0.2) is 0 Å². The minimum absolute atomic E-state index is 0.143. The summed E-state index contributed by atoms with van der Waals surface area (Å²) < 4.78 is 5.42. The first-order chi connectivity index (χ1) is 8.81. The lowest BCUT2D eigenvalue weighted by Gasteiger charge is -2.29. The van der Waals surface area contributed by atoms with Crippen LogP contribution in [-0.2, 0) is 4.74 Å². The molecule has 100 valence electrons. The Labute approximate surface area is 114 Å². The van der Waals surface area contributed by atoms with Gasteiger partial charge >= 0.3 is 0 Å². The Kier molecular flexibility index (Phi) is 5.54. The molecule has 1 aromatic rings. The third-order valence-electron chi connectivity index (χ3n) is 3.52. The van der Waals surface area contributed by atoms with Crippen molar-refractivity contribution in [1.29, 1.82) is 0 Å². The van der Waals surface area contributed by atoms with Crippen molar-refractivity contribution in [3.8, 4) is 0 Å². The van der Waals surface area contributed by atoms with Crippen LogP contribution < -0.4 is 5.73 Å². The summed E-state index contributed by atoms with van der Waals surface area (Å²) in [5.41, 5.74) is 7.67. The zero-order valence-corrected chi connectivity index (χ0v) is 11.9. The van der Waals surface area contributed by atoms with E-state index in [9.17, 15) is 0 Å². The number of rotatable bonds is 5. The SMILES string of the molecule is CCC(SC1CCOCC1)C(N)c1ccccc1. The Hall–Kier alpha value is -0.510. The molecule has 0 spiro atoms. The quantitative estimate of drug-likeness (QED) is 0.886. The normalized spacial score (nSPS) is 20.6. The van der Waals surface area contributed by atoms with Crippen LogP contribution in [-0.4, -0.2) is 23.7 Å². The van der Waals surface area contributed by atoms with Crippen molar-refractivity contribution < 1.29 is 4.74 Å². The van der Waals surface area contributed by atoms with Crippen molar-refractivity contribution in [2.24, 2.45) is 5.73 Å². The maximum Gasteiger partial charge on any atom is 0.0476 e. The van der Waals surface area contributed by atoms with Gasteiger partial charge in [0, 0.05) is 29.8 Å². The second-order valence-electron chi connectivity index (χ2n) is 4.83. The van der Waals surface area contributed by atoms with E-state index in [1.807, 2.05) is 6.07 Å². The van der Waals surface area contributed by atoms with Gasteiger partial charge in [0.1, 0.15) is 0 Å². The van der Waals surface area contributed by atoms with Crippen LogP contribution in [0.3, 0.4) is 0 Å². The molecule has 2 N–H and O–H groups in total. The van der Waals surface area contributed by atoms with Crippen LogP contribution in [0.1, 0.15) is 37.8 Å². The molecule has 1 heterocycles. The van der Waals surface area contributed by atoms with E-state index in [4.69, 9.17) is 10.5 Å². The van der Waals surface area contributed by atoms with Crippen molar-refractivity contribution in [2.45, 2.75) is 42.7 Å². The minimum atomic E-state index is 0.143. The number of hydrogen-bond donors (Lipinski definition) is 1. The molecule has 0 radical (unpaired) electrons. The lowest BCUT2D eigenvalue weighted by Crippen LogP contribution is -2.27. The molecular weight excluding hydrogens is 242 g/mol. The molecule has 2 unspecified atom stereocenters. The molecule has 2 nitrogen and oxygen atoms in total. The number of nitrogens with two attached hydrogens (primary N) is 1. The van der Waals surface area contributed by atoms with E-state index in [0.717, 1.165) is 24.9 Å². The van der Waals surface area contributed by atoms with E-state index < -0.39 is 0 Å². The second-order valence-corrected chi connectivity index (χ2v) is 6.38. The fourth-order valence-corrected chi connectivity index (χ4v) is 3.86. The van der Waals surface area contributed by atoms with Gasteiger partial charge in [0.2, 0.25) is 0 Å². The third-order valence-corrected chi connectivity index (χ3v) is 5.36. The van der Waals surface area contributed by atoms with Crippen LogP contribution >= 0.6 is 11.8 Å². The summed E-state index contributed by atoms with van der Waals surface area (Å²) in [6.07, 6.45) is 3.46. The number of benzene rings is 1. The average Bonchev–Trinajstić information content (AvgIpc) is 2.46. The molecule has 2 atom stereocenters. The molecule has 1 aliphatic heterocycles. The molecule has 3 heteroatoms. The molecule has 2 rings (SSSR count). The summed E-state index contributed by atoms with van der Waals surface area (Å²) in [5.74, 6) is 0. The van der Waals surface area contributed by atoms with Gasteiger partial charge in [-0.1, -0.05) is 37.3 Å². The van der Waals surface area contributed by atoms with E-state index in [1.54, 1.807) is 0 Å². The molecule has 0 bridgehead atoms. The van der Waals surface area contributed by atoms with Gasteiger partial charge in [-0.2, -0.15) is 11.8 Å². The van der Waals surface area contributed by atoms with Crippen molar-refractivity contribution in [3.63, 3.8) is 0 Å². The molecule has 1 aliphatic rings. The summed E-state index contributed by atoms with van der Waals surface area (Å²) in [4.78, 5) is 0. The Balaban J connectivity index is 1.95. The van der Waals surface area contributed by atoms with Crippen molar-refractivity contribution in [1.82, 2.24) is 0 Å². The minimum Gasteiger partial charge on any atom is -0.381 e. The van der Waals surface area contributed by atoms with Gasteiger partial charge in [0.15, 0.2) is 0 Å². The molecular formula is C15H23NOS. The predicted molar refractivity (Wildman–Crippen MR) is 78.9 cm³/mol. The monoisotopic (exact) mass is 265 g/mol. The van der Waals surface area contributed by atoms with E-state index in [2.05, 4.69) is 43.0 Å². The lowest BCUT2D eigenvalue weighted by molar-refractivity contribution is 0.0999. The summed E-state index contributed by atoms with van der Waals surface area (Å²) in [6, 6.07) is 10.6. The topological polar surface area (TPSA) is 35.2 Å². The van der Waals surface area contributed by atoms with E-state index in [-0.39, 0.29) is 6.04 Å². The zero-order valence-electron chi connectivity index (χ0n) is 11.0. The fourth-order valence-electron chi connectivity index (χ4n) is 2.38. The Bertz CT molecular complexity index is 338. The molecule has 0 aromatic heterocycles. The van der Waals surface area contributed by atoms with Crippen molar-refractivity contribution in [2.75, 3.05) is 13.2 Å². The first-order valence-electron chi connectivity index (χ1n) is 6.85. The Morgan fingerprint density at radius 3 is 2.56 bits per heavy atom. The molecule has 18 heavy (non-hydrogen) atoms. The highest BCUT2D eigenvalue weighted by atomic mass is 32.2. The van der Waals surface area contributed by atoms with Gasteiger partial charge < -0.3 is 10.5 Å². The first-order valence-corrected chi connectivity index (χ1v) is 7.79. The first kappa shape index (κ1) is 13.9. The van der Waals surface area contributed by atoms with E-state index in [0.29, 0.717) is 5.25 Å². The standard InChI is InChI=1S/C15H23NOS/c1-2-14(18-13-8-10-17-11-9-13)15(16)12-6-4-3-5-7-12/h3-7,13-15H,2,8-11,16H2,1H3. The van der Waals surface area contributed by atoms with Gasteiger partial charge in [-0.05, 0) is 24.8 Å². The van der Waals surface area contributed by atoms with Crippen LogP contribution in [0.4, 0.5) is 0 Å². The van der Waals surface area contributed by atoms with Crippen LogP contribution in [0.2, 0.25) is 0 Å². The maximum atomic E-state index is 6.41. The number of thioether (sulfide) groups is 1. The van der Waals surface area contributed by atoms with Gasteiger partial charge in [-0.3, -0.25) is 0 Å². The largest absolute Gasteiger partial charge is 0.381 e. The third kappa shape index (κ3) is 3.74. The molecule has 0 aliphatic carbocycles.